The molecule has 0 bridgehead atoms. The molecule has 0 spiro atoms. The number of ether oxygens (including phenoxy) is 1. The topological polar surface area (TPSA) is 73.9 Å². The fourth-order valence-electron chi connectivity index (χ4n) is 4.79. The van der Waals surface area contributed by atoms with Gasteiger partial charge in [0.2, 0.25) is 0 Å². The molecule has 0 aromatic rings. The summed E-state index contributed by atoms with van der Waals surface area (Å²) in [6.07, 6.45) is 9.21. The average Bonchev–Trinajstić information content (AvgIpc) is 3.36. The molecule has 0 saturated carbocycles. The molecule has 0 aromatic heterocycles. The van der Waals surface area contributed by atoms with Gasteiger partial charge >= 0.3 is 12.0 Å². The van der Waals surface area contributed by atoms with Gasteiger partial charge in [0.05, 0.1) is 18.7 Å². The van der Waals surface area contributed by atoms with Crippen LogP contribution in [-0.4, -0.2) is 90.8 Å². The minimum Gasteiger partial charge on any atom is -0.466 e. The molecule has 3 atom stereocenters. The third kappa shape index (κ3) is 10.9. The molecule has 2 N–H and O–H groups in total. The zero-order chi connectivity index (χ0) is 23.9. The quantitative estimate of drug-likeness (QED) is 0.165. The van der Waals surface area contributed by atoms with Gasteiger partial charge in [-0.1, -0.05) is 40.0 Å². The highest BCUT2D eigenvalue weighted by molar-refractivity contribution is 8.00. The highest BCUT2D eigenvalue weighted by Crippen LogP contribution is 2.33. The summed E-state index contributed by atoms with van der Waals surface area (Å²) in [6.45, 7) is 14.3. The summed E-state index contributed by atoms with van der Waals surface area (Å²) in [7, 11) is 0. The van der Waals surface area contributed by atoms with Gasteiger partial charge < -0.3 is 25.2 Å². The molecule has 2 rings (SSSR count). The van der Waals surface area contributed by atoms with Crippen LogP contribution in [0.2, 0.25) is 0 Å². The van der Waals surface area contributed by atoms with Crippen LogP contribution in [0.1, 0.15) is 78.6 Å². The molecule has 2 fully saturated rings. The number of hydrogen-bond donors (Lipinski definition) is 2. The van der Waals surface area contributed by atoms with Crippen LogP contribution in [0.3, 0.4) is 0 Å². The van der Waals surface area contributed by atoms with Crippen molar-refractivity contribution in [3.8, 4) is 0 Å². The van der Waals surface area contributed by atoms with Crippen LogP contribution in [0.5, 0.6) is 0 Å². The number of nitrogens with one attached hydrogen (secondary N) is 2. The number of hydrogen-bond acceptors (Lipinski definition) is 6. The monoisotopic (exact) mass is 484 g/mol. The van der Waals surface area contributed by atoms with Gasteiger partial charge in [0.25, 0.3) is 0 Å². The molecule has 8 heteroatoms. The third-order valence-corrected chi connectivity index (χ3v) is 8.49. The smallest absolute Gasteiger partial charge is 0.315 e. The van der Waals surface area contributed by atoms with Crippen molar-refractivity contribution in [3.05, 3.63) is 0 Å². The molecule has 2 saturated heterocycles. The number of esters is 1. The Morgan fingerprint density at radius 3 is 2.36 bits per heavy atom. The van der Waals surface area contributed by atoms with E-state index in [1.165, 1.54) is 38.9 Å². The van der Waals surface area contributed by atoms with Gasteiger partial charge in [-0.15, -0.1) is 0 Å². The first-order chi connectivity index (χ1) is 16.1. The van der Waals surface area contributed by atoms with Crippen molar-refractivity contribution in [1.82, 2.24) is 20.4 Å². The fraction of sp³-hybridized carbons (Fsp3) is 0.920. The molecule has 2 amide bonds. The number of thioether (sulfide) groups is 1. The zero-order valence-electron chi connectivity index (χ0n) is 21.3. The van der Waals surface area contributed by atoms with E-state index in [4.69, 9.17) is 4.74 Å². The first-order valence-electron chi connectivity index (χ1n) is 13.4. The van der Waals surface area contributed by atoms with E-state index >= 15 is 0 Å². The molecule has 2 aliphatic rings. The van der Waals surface area contributed by atoms with Gasteiger partial charge in [-0.3, -0.25) is 4.79 Å². The van der Waals surface area contributed by atoms with Gasteiger partial charge in [0, 0.05) is 17.4 Å². The van der Waals surface area contributed by atoms with E-state index in [1.54, 1.807) is 0 Å². The minimum atomic E-state index is -0.0619. The lowest BCUT2D eigenvalue weighted by molar-refractivity contribution is -0.143. The first-order valence-corrected chi connectivity index (χ1v) is 14.4. The van der Waals surface area contributed by atoms with Gasteiger partial charge in [-0.25, -0.2) is 4.79 Å². The van der Waals surface area contributed by atoms with Crippen LogP contribution in [0, 0.1) is 0 Å². The van der Waals surface area contributed by atoms with E-state index in [2.05, 4.69) is 41.2 Å². The fourth-order valence-corrected chi connectivity index (χ4v) is 6.34. The Balaban J connectivity index is 1.39. The average molecular weight is 485 g/mol. The van der Waals surface area contributed by atoms with Gasteiger partial charge in [-0.2, -0.15) is 11.8 Å². The summed E-state index contributed by atoms with van der Waals surface area (Å²) in [4.78, 5) is 28.5. The predicted octanol–water partition coefficient (Wildman–Crippen LogP) is 3.87. The normalized spacial score (nSPS) is 22.0. The van der Waals surface area contributed by atoms with Gasteiger partial charge in [0.15, 0.2) is 0 Å². The summed E-state index contributed by atoms with van der Waals surface area (Å²) >= 11 is 1.93. The Morgan fingerprint density at radius 1 is 0.909 bits per heavy atom. The van der Waals surface area contributed by atoms with E-state index in [0.717, 1.165) is 57.5 Å². The van der Waals surface area contributed by atoms with Crippen LogP contribution in [0.25, 0.3) is 0 Å². The van der Waals surface area contributed by atoms with Crippen molar-refractivity contribution in [2.75, 3.05) is 51.6 Å². The second-order valence-corrected chi connectivity index (χ2v) is 10.6. The Hall–Kier alpha value is -0.990. The lowest BCUT2D eigenvalue weighted by Gasteiger charge is -2.23. The van der Waals surface area contributed by atoms with Crippen LogP contribution in [0.15, 0.2) is 0 Å². The van der Waals surface area contributed by atoms with Crippen molar-refractivity contribution < 1.29 is 14.3 Å². The molecule has 0 aromatic carbocycles. The highest BCUT2D eigenvalue weighted by atomic mass is 32.2. The number of fused-ring (bicyclic) bond motifs is 1. The standard InChI is InChI=1S/C25H48N4O3S/c1-4-28(5-2)17-13-18-29(6-3)16-11-7-8-12-19-32-23(30)15-10-9-14-22-24-21(20-33-22)26-25(31)27-24/h21-22,24H,4-20H2,1-3H3,(H2,26,27,31). The maximum absolute atomic E-state index is 12.0. The molecule has 3 unspecified atom stereocenters. The van der Waals surface area contributed by atoms with E-state index < -0.39 is 0 Å². The van der Waals surface area contributed by atoms with E-state index in [9.17, 15) is 9.59 Å². The van der Waals surface area contributed by atoms with Crippen LogP contribution in [0.4, 0.5) is 4.79 Å². The van der Waals surface area contributed by atoms with Crippen molar-refractivity contribution in [1.29, 1.82) is 0 Å². The molecule has 33 heavy (non-hydrogen) atoms. The molecular formula is C25H48N4O3S. The highest BCUT2D eigenvalue weighted by Gasteiger charge is 2.42. The number of nitrogens with zero attached hydrogens (tertiary/aromatic N) is 2. The number of carbonyl (C=O) groups excluding carboxylic acids is 2. The molecule has 2 aliphatic heterocycles. The molecule has 192 valence electrons. The number of amides is 2. The molecule has 2 heterocycles. The lowest BCUT2D eigenvalue weighted by atomic mass is 10.0. The molecule has 0 aliphatic carbocycles. The maximum atomic E-state index is 12.0. The van der Waals surface area contributed by atoms with E-state index in [1.807, 2.05) is 11.8 Å². The summed E-state index contributed by atoms with van der Waals surface area (Å²) < 4.78 is 5.42. The van der Waals surface area contributed by atoms with Gasteiger partial charge in [-0.05, 0) is 71.4 Å². The van der Waals surface area contributed by atoms with Crippen molar-refractivity contribution in [2.24, 2.45) is 0 Å². The molecular weight excluding hydrogens is 436 g/mol. The molecule has 0 radical (unpaired) electrons. The Kier molecular flexibility index (Phi) is 14.2. The zero-order valence-corrected chi connectivity index (χ0v) is 22.1. The predicted molar refractivity (Wildman–Crippen MR) is 138 cm³/mol. The third-order valence-electron chi connectivity index (χ3n) is 6.98. The molecule has 7 nitrogen and oxygen atoms in total. The van der Waals surface area contributed by atoms with Gasteiger partial charge in [0.1, 0.15) is 0 Å². The number of unbranched alkanes of at least 4 members (excludes halogenated alkanes) is 4. The van der Waals surface area contributed by atoms with Crippen LogP contribution >= 0.6 is 11.8 Å². The maximum Gasteiger partial charge on any atom is 0.315 e. The van der Waals surface area contributed by atoms with Crippen LogP contribution in [-0.2, 0) is 9.53 Å². The largest absolute Gasteiger partial charge is 0.466 e. The Bertz CT molecular complexity index is 562. The van der Waals surface area contributed by atoms with Crippen molar-refractivity contribution in [3.63, 3.8) is 0 Å². The summed E-state index contributed by atoms with van der Waals surface area (Å²) in [5, 5.41) is 6.46. The SMILES string of the molecule is CCN(CC)CCCN(CC)CCCCCCOC(=O)CCCCC1SCC2NC(=O)NC21. The first kappa shape index (κ1) is 28.2. The van der Waals surface area contributed by atoms with Crippen molar-refractivity contribution >= 4 is 23.8 Å². The van der Waals surface area contributed by atoms with Crippen LogP contribution < -0.4 is 10.6 Å². The number of urea groups is 1. The summed E-state index contributed by atoms with van der Waals surface area (Å²) in [6, 6.07) is 0.499. The lowest BCUT2D eigenvalue weighted by Crippen LogP contribution is -2.36. The van der Waals surface area contributed by atoms with Crippen molar-refractivity contribution in [2.45, 2.75) is 95.9 Å². The Morgan fingerprint density at radius 2 is 1.61 bits per heavy atom. The van der Waals surface area contributed by atoms with E-state index in [-0.39, 0.29) is 24.1 Å². The number of carbonyl (C=O) groups is 2. The number of rotatable bonds is 19. The summed E-state index contributed by atoms with van der Waals surface area (Å²) in [5.74, 6) is 0.927. The second-order valence-electron chi connectivity index (χ2n) is 9.32. The summed E-state index contributed by atoms with van der Waals surface area (Å²) in [5.41, 5.74) is 0. The van der Waals surface area contributed by atoms with E-state index in [0.29, 0.717) is 18.3 Å². The Labute approximate surface area is 206 Å². The minimum absolute atomic E-state index is 0.0348. The second kappa shape index (κ2) is 16.6.